The Balaban J connectivity index is 2.18. The molecule has 1 rings (SSSR count). The van der Waals surface area contributed by atoms with Crippen LogP contribution in [0.1, 0.15) is 31.7 Å². The first-order valence-corrected chi connectivity index (χ1v) is 7.25. The number of rotatable bonds is 9. The van der Waals surface area contributed by atoms with Crippen molar-refractivity contribution < 1.29 is 9.53 Å². The summed E-state index contributed by atoms with van der Waals surface area (Å²) in [6.07, 6.45) is 2.74. The van der Waals surface area contributed by atoms with Crippen LogP contribution in [0.25, 0.3) is 0 Å². The van der Waals surface area contributed by atoms with E-state index in [-0.39, 0.29) is 5.91 Å². The van der Waals surface area contributed by atoms with Crippen LogP contribution in [-0.4, -0.2) is 38.1 Å². The highest BCUT2D eigenvalue weighted by Gasteiger charge is 2.06. The number of unbranched alkanes of at least 4 members (excludes halogenated alkanes) is 1. The average Bonchev–Trinajstić information content (AvgIpc) is 2.49. The van der Waals surface area contributed by atoms with Gasteiger partial charge in [-0.1, -0.05) is 25.5 Å². The number of nitrogens with one attached hydrogen (secondary N) is 1. The van der Waals surface area contributed by atoms with E-state index in [1.165, 1.54) is 5.56 Å². The summed E-state index contributed by atoms with van der Waals surface area (Å²) >= 11 is 0. The molecule has 0 aliphatic rings. The van der Waals surface area contributed by atoms with E-state index in [1.54, 1.807) is 7.11 Å². The SMILES string of the molecule is CCCCN(C)C(=O)CCNCc1ccc(OC)cc1. The first-order chi connectivity index (χ1) is 9.67. The van der Waals surface area contributed by atoms with Gasteiger partial charge >= 0.3 is 0 Å². The third-order valence-corrected chi connectivity index (χ3v) is 3.28. The van der Waals surface area contributed by atoms with Crippen molar-refractivity contribution in [1.82, 2.24) is 10.2 Å². The molecule has 4 nitrogen and oxygen atoms in total. The number of hydrogen-bond donors (Lipinski definition) is 1. The van der Waals surface area contributed by atoms with Crippen LogP contribution in [0, 0.1) is 0 Å². The fraction of sp³-hybridized carbons (Fsp3) is 0.562. The number of methoxy groups -OCH3 is 1. The van der Waals surface area contributed by atoms with E-state index in [2.05, 4.69) is 12.2 Å². The van der Waals surface area contributed by atoms with Gasteiger partial charge in [0.25, 0.3) is 0 Å². The minimum atomic E-state index is 0.209. The minimum Gasteiger partial charge on any atom is -0.497 e. The molecule has 0 atom stereocenters. The Morgan fingerprint density at radius 1 is 1.30 bits per heavy atom. The van der Waals surface area contributed by atoms with Gasteiger partial charge in [0.2, 0.25) is 5.91 Å². The average molecular weight is 278 g/mol. The largest absolute Gasteiger partial charge is 0.497 e. The lowest BCUT2D eigenvalue weighted by Gasteiger charge is -2.16. The maximum atomic E-state index is 11.8. The fourth-order valence-electron chi connectivity index (χ4n) is 1.88. The predicted molar refractivity (Wildman–Crippen MR) is 81.9 cm³/mol. The van der Waals surface area contributed by atoms with Gasteiger partial charge in [-0.3, -0.25) is 4.79 Å². The van der Waals surface area contributed by atoms with Crippen molar-refractivity contribution in [2.24, 2.45) is 0 Å². The van der Waals surface area contributed by atoms with E-state index in [0.717, 1.165) is 31.7 Å². The molecule has 1 amide bonds. The Hall–Kier alpha value is -1.55. The lowest BCUT2D eigenvalue weighted by atomic mass is 10.2. The summed E-state index contributed by atoms with van der Waals surface area (Å²) in [6.45, 7) is 4.47. The molecule has 0 aromatic heterocycles. The third-order valence-electron chi connectivity index (χ3n) is 3.28. The van der Waals surface area contributed by atoms with Crippen molar-refractivity contribution in [2.75, 3.05) is 27.2 Å². The Labute approximate surface area is 122 Å². The van der Waals surface area contributed by atoms with Gasteiger partial charge in [-0.2, -0.15) is 0 Å². The van der Waals surface area contributed by atoms with Crippen LogP contribution in [0.5, 0.6) is 5.75 Å². The van der Waals surface area contributed by atoms with Crippen molar-refractivity contribution in [2.45, 2.75) is 32.7 Å². The summed E-state index contributed by atoms with van der Waals surface area (Å²) in [7, 11) is 3.54. The first kappa shape index (κ1) is 16.5. The normalized spacial score (nSPS) is 10.3. The van der Waals surface area contributed by atoms with E-state index < -0.39 is 0 Å². The summed E-state index contributed by atoms with van der Waals surface area (Å²) in [5.74, 6) is 1.07. The van der Waals surface area contributed by atoms with Gasteiger partial charge in [-0.05, 0) is 24.1 Å². The van der Waals surface area contributed by atoms with Crippen molar-refractivity contribution in [3.63, 3.8) is 0 Å². The summed E-state index contributed by atoms with van der Waals surface area (Å²) in [4.78, 5) is 13.6. The van der Waals surface area contributed by atoms with Crippen LogP contribution in [0.2, 0.25) is 0 Å². The van der Waals surface area contributed by atoms with E-state index in [4.69, 9.17) is 4.74 Å². The quantitative estimate of drug-likeness (QED) is 0.705. The molecule has 0 saturated heterocycles. The van der Waals surface area contributed by atoms with Gasteiger partial charge in [-0.25, -0.2) is 0 Å². The Bertz CT molecular complexity index is 390. The second-order valence-electron chi connectivity index (χ2n) is 4.94. The van der Waals surface area contributed by atoms with Crippen LogP contribution in [0.3, 0.4) is 0 Å². The second kappa shape index (κ2) is 9.37. The molecule has 0 saturated carbocycles. The highest BCUT2D eigenvalue weighted by molar-refractivity contribution is 5.76. The molecule has 1 N–H and O–H groups in total. The molecule has 0 fully saturated rings. The second-order valence-corrected chi connectivity index (χ2v) is 4.94. The Morgan fingerprint density at radius 3 is 2.60 bits per heavy atom. The lowest BCUT2D eigenvalue weighted by molar-refractivity contribution is -0.129. The van der Waals surface area contributed by atoms with Crippen molar-refractivity contribution in [3.8, 4) is 5.75 Å². The van der Waals surface area contributed by atoms with Gasteiger partial charge in [0.1, 0.15) is 5.75 Å². The van der Waals surface area contributed by atoms with E-state index in [1.807, 2.05) is 36.2 Å². The van der Waals surface area contributed by atoms with Crippen LogP contribution in [0.4, 0.5) is 0 Å². The van der Waals surface area contributed by atoms with Crippen LogP contribution in [-0.2, 0) is 11.3 Å². The van der Waals surface area contributed by atoms with Crippen molar-refractivity contribution in [1.29, 1.82) is 0 Å². The van der Waals surface area contributed by atoms with Gasteiger partial charge in [0.15, 0.2) is 0 Å². The monoisotopic (exact) mass is 278 g/mol. The van der Waals surface area contributed by atoms with Gasteiger partial charge in [0.05, 0.1) is 7.11 Å². The summed E-state index contributed by atoms with van der Waals surface area (Å²) in [6, 6.07) is 7.95. The van der Waals surface area contributed by atoms with E-state index in [9.17, 15) is 4.79 Å². The number of carbonyl (C=O) groups is 1. The third kappa shape index (κ3) is 6.06. The molecule has 0 unspecified atom stereocenters. The van der Waals surface area contributed by atoms with Gasteiger partial charge in [-0.15, -0.1) is 0 Å². The minimum absolute atomic E-state index is 0.209. The maximum absolute atomic E-state index is 11.8. The number of carbonyl (C=O) groups excluding carboxylic acids is 1. The highest BCUT2D eigenvalue weighted by atomic mass is 16.5. The molecule has 112 valence electrons. The number of hydrogen-bond acceptors (Lipinski definition) is 3. The summed E-state index contributed by atoms with van der Waals surface area (Å²) in [5.41, 5.74) is 1.19. The highest BCUT2D eigenvalue weighted by Crippen LogP contribution is 2.10. The molecule has 0 aliphatic carbocycles. The fourth-order valence-corrected chi connectivity index (χ4v) is 1.88. The molecule has 1 aromatic rings. The molecule has 0 radical (unpaired) electrons. The smallest absolute Gasteiger partial charge is 0.223 e. The van der Waals surface area contributed by atoms with Crippen molar-refractivity contribution >= 4 is 5.91 Å². The molecule has 1 aromatic carbocycles. The Morgan fingerprint density at radius 2 is 2.00 bits per heavy atom. The van der Waals surface area contributed by atoms with E-state index in [0.29, 0.717) is 13.0 Å². The topological polar surface area (TPSA) is 41.6 Å². The van der Waals surface area contributed by atoms with E-state index >= 15 is 0 Å². The van der Waals surface area contributed by atoms with Gasteiger partial charge in [0, 0.05) is 33.1 Å². The molecule has 0 aliphatic heterocycles. The van der Waals surface area contributed by atoms with Crippen LogP contribution in [0.15, 0.2) is 24.3 Å². The zero-order valence-electron chi connectivity index (χ0n) is 12.8. The van der Waals surface area contributed by atoms with Crippen LogP contribution < -0.4 is 10.1 Å². The summed E-state index contributed by atoms with van der Waals surface area (Å²) in [5, 5.41) is 3.29. The number of benzene rings is 1. The summed E-state index contributed by atoms with van der Waals surface area (Å²) < 4.78 is 5.11. The first-order valence-electron chi connectivity index (χ1n) is 7.25. The van der Waals surface area contributed by atoms with Gasteiger partial charge < -0.3 is 15.0 Å². The molecule has 0 bridgehead atoms. The molecule has 0 spiro atoms. The standard InChI is InChI=1S/C16H26N2O2/c1-4-5-12-18(2)16(19)10-11-17-13-14-6-8-15(20-3)9-7-14/h6-9,17H,4-5,10-13H2,1-3H3. The number of ether oxygens (including phenoxy) is 1. The maximum Gasteiger partial charge on any atom is 0.223 e. The Kier molecular flexibility index (Phi) is 7.73. The van der Waals surface area contributed by atoms with Crippen molar-refractivity contribution in [3.05, 3.63) is 29.8 Å². The van der Waals surface area contributed by atoms with Crippen LogP contribution >= 0.6 is 0 Å². The molecule has 20 heavy (non-hydrogen) atoms. The number of amides is 1. The molecule has 0 heterocycles. The number of nitrogens with zero attached hydrogens (tertiary/aromatic N) is 1. The molecular weight excluding hydrogens is 252 g/mol. The lowest BCUT2D eigenvalue weighted by Crippen LogP contribution is -2.30. The molecular formula is C16H26N2O2. The zero-order chi connectivity index (χ0) is 14.8. The predicted octanol–water partition coefficient (Wildman–Crippen LogP) is 2.43. The molecule has 4 heteroatoms. The zero-order valence-corrected chi connectivity index (χ0v) is 12.8.